The Bertz CT molecular complexity index is 1270. The Hall–Kier alpha value is -3.88. The molecule has 164 valence electrons. The normalized spacial score (nSPS) is 14.0. The van der Waals surface area contributed by atoms with Crippen LogP contribution in [0.3, 0.4) is 0 Å². The smallest absolute Gasteiger partial charge is 0.277 e. The van der Waals surface area contributed by atoms with Gasteiger partial charge in [-0.15, -0.1) is 0 Å². The number of hydrogen-bond donors (Lipinski definition) is 2. The number of fused-ring (bicyclic) bond motifs is 1. The van der Waals surface area contributed by atoms with Crippen molar-refractivity contribution in [2.45, 2.75) is 19.3 Å². The molecule has 32 heavy (non-hydrogen) atoms. The van der Waals surface area contributed by atoms with Gasteiger partial charge in [0.05, 0.1) is 16.9 Å². The first kappa shape index (κ1) is 20.0. The van der Waals surface area contributed by atoms with E-state index in [1.807, 2.05) is 25.4 Å². The molecule has 1 aromatic carbocycles. The number of nitrogens with zero attached hydrogens (tertiary/aromatic N) is 5. The number of hydrogen-bond acceptors (Lipinski definition) is 7. The third-order valence-electron chi connectivity index (χ3n) is 5.68. The van der Waals surface area contributed by atoms with Crippen LogP contribution in [0, 0.1) is 0 Å². The first-order chi connectivity index (χ1) is 15.6. The van der Waals surface area contributed by atoms with Crippen molar-refractivity contribution < 1.29 is 9.21 Å². The molecular weight excluding hydrogens is 406 g/mol. The van der Waals surface area contributed by atoms with Crippen molar-refractivity contribution in [1.82, 2.24) is 19.7 Å². The van der Waals surface area contributed by atoms with Crippen molar-refractivity contribution in [1.29, 1.82) is 0 Å². The second-order valence-electron chi connectivity index (χ2n) is 7.95. The van der Waals surface area contributed by atoms with Gasteiger partial charge in [0.2, 0.25) is 5.89 Å². The van der Waals surface area contributed by atoms with Gasteiger partial charge in [-0.1, -0.05) is 0 Å². The summed E-state index contributed by atoms with van der Waals surface area (Å²) in [5.41, 5.74) is 3.62. The molecule has 0 spiro atoms. The Morgan fingerprint density at radius 3 is 2.81 bits per heavy atom. The number of carbonyl (C=O) groups is 1. The minimum Gasteiger partial charge on any atom is -0.444 e. The van der Waals surface area contributed by atoms with Crippen LogP contribution in [0.2, 0.25) is 0 Å². The molecule has 1 saturated heterocycles. The third kappa shape index (κ3) is 3.89. The van der Waals surface area contributed by atoms with Crippen LogP contribution >= 0.6 is 0 Å². The molecule has 2 N–H and O–H groups in total. The predicted octanol–water partition coefficient (Wildman–Crippen LogP) is 3.91. The maximum absolute atomic E-state index is 13.1. The van der Waals surface area contributed by atoms with E-state index in [2.05, 4.69) is 36.7 Å². The van der Waals surface area contributed by atoms with Crippen LogP contribution in [-0.2, 0) is 7.05 Å². The van der Waals surface area contributed by atoms with Gasteiger partial charge in [0.15, 0.2) is 5.69 Å². The zero-order valence-corrected chi connectivity index (χ0v) is 18.1. The van der Waals surface area contributed by atoms with E-state index < -0.39 is 0 Å². The summed E-state index contributed by atoms with van der Waals surface area (Å²) in [5, 5.41) is 11.5. The number of oxazole rings is 1. The van der Waals surface area contributed by atoms with Crippen LogP contribution in [0.5, 0.6) is 0 Å². The van der Waals surface area contributed by atoms with Gasteiger partial charge in [-0.3, -0.25) is 9.48 Å². The van der Waals surface area contributed by atoms with Crippen molar-refractivity contribution in [3.05, 3.63) is 48.6 Å². The highest BCUT2D eigenvalue weighted by molar-refractivity contribution is 6.06. The Labute approximate surface area is 185 Å². The zero-order valence-electron chi connectivity index (χ0n) is 18.1. The van der Waals surface area contributed by atoms with Crippen LogP contribution < -0.4 is 15.5 Å². The molecule has 9 heteroatoms. The van der Waals surface area contributed by atoms with E-state index in [1.54, 1.807) is 24.0 Å². The van der Waals surface area contributed by atoms with Gasteiger partial charge in [-0.2, -0.15) is 5.10 Å². The van der Waals surface area contributed by atoms with E-state index in [0.29, 0.717) is 11.7 Å². The van der Waals surface area contributed by atoms with Gasteiger partial charge in [0.1, 0.15) is 12.1 Å². The Balaban J connectivity index is 1.44. The second-order valence-corrected chi connectivity index (χ2v) is 7.95. The van der Waals surface area contributed by atoms with E-state index in [1.165, 1.54) is 12.7 Å². The highest BCUT2D eigenvalue weighted by atomic mass is 16.3. The average molecular weight is 432 g/mol. The molecule has 0 atom stereocenters. The van der Waals surface area contributed by atoms with Crippen molar-refractivity contribution in [2.75, 3.05) is 35.7 Å². The molecule has 1 aliphatic heterocycles. The summed E-state index contributed by atoms with van der Waals surface area (Å²) in [6.45, 7) is 1.93. The van der Waals surface area contributed by atoms with E-state index in [0.717, 1.165) is 53.8 Å². The summed E-state index contributed by atoms with van der Waals surface area (Å²) in [6, 6.07) is 7.64. The molecule has 1 amide bonds. The summed E-state index contributed by atoms with van der Waals surface area (Å²) in [5.74, 6) is 0.750. The molecule has 4 heterocycles. The van der Waals surface area contributed by atoms with Gasteiger partial charge in [-0.25, -0.2) is 9.97 Å². The van der Waals surface area contributed by atoms with Crippen molar-refractivity contribution in [3.8, 4) is 11.5 Å². The Kier molecular flexibility index (Phi) is 5.22. The highest BCUT2D eigenvalue weighted by Crippen LogP contribution is 2.33. The number of benzene rings is 1. The first-order valence-electron chi connectivity index (χ1n) is 10.7. The lowest BCUT2D eigenvalue weighted by Gasteiger charge is -2.30. The summed E-state index contributed by atoms with van der Waals surface area (Å²) < 4.78 is 7.36. The Morgan fingerprint density at radius 2 is 2.00 bits per heavy atom. The van der Waals surface area contributed by atoms with Crippen LogP contribution in [0.4, 0.5) is 17.2 Å². The lowest BCUT2D eigenvalue weighted by Crippen LogP contribution is -2.30. The molecule has 0 unspecified atom stereocenters. The maximum atomic E-state index is 13.1. The van der Waals surface area contributed by atoms with Crippen molar-refractivity contribution in [2.24, 2.45) is 7.05 Å². The van der Waals surface area contributed by atoms with Gasteiger partial charge in [0.25, 0.3) is 5.91 Å². The van der Waals surface area contributed by atoms with Crippen molar-refractivity contribution >= 4 is 34.0 Å². The fraction of sp³-hybridized carbons (Fsp3) is 0.304. The zero-order chi connectivity index (χ0) is 22.1. The molecule has 0 radical (unpaired) electrons. The van der Waals surface area contributed by atoms with Gasteiger partial charge < -0.3 is 20.0 Å². The third-order valence-corrected chi connectivity index (χ3v) is 5.68. The SMILES string of the molecule is CNc1cc(-c2nc(C(=O)Nc3cc4cn(C)nc4cc3N3CCCCC3)co2)ccn1. The lowest BCUT2D eigenvalue weighted by atomic mass is 10.1. The molecule has 9 nitrogen and oxygen atoms in total. The number of aromatic nitrogens is 4. The molecule has 4 aromatic rings. The number of amides is 1. The van der Waals surface area contributed by atoms with E-state index >= 15 is 0 Å². The number of pyridine rings is 1. The van der Waals surface area contributed by atoms with Gasteiger partial charge in [-0.05, 0) is 43.5 Å². The molecule has 3 aromatic heterocycles. The van der Waals surface area contributed by atoms with E-state index in [4.69, 9.17) is 4.42 Å². The van der Waals surface area contributed by atoms with Crippen LogP contribution in [0.15, 0.2) is 47.3 Å². The summed E-state index contributed by atoms with van der Waals surface area (Å²) in [6.07, 6.45) is 8.51. The predicted molar refractivity (Wildman–Crippen MR) is 124 cm³/mol. The van der Waals surface area contributed by atoms with Crippen LogP contribution in [-0.4, -0.2) is 45.8 Å². The minimum absolute atomic E-state index is 0.221. The highest BCUT2D eigenvalue weighted by Gasteiger charge is 2.20. The fourth-order valence-corrected chi connectivity index (χ4v) is 4.08. The Morgan fingerprint density at radius 1 is 1.16 bits per heavy atom. The fourth-order valence-electron chi connectivity index (χ4n) is 4.08. The molecule has 0 bridgehead atoms. The molecule has 5 rings (SSSR count). The number of piperidine rings is 1. The number of aryl methyl sites for hydroxylation is 1. The van der Waals surface area contributed by atoms with E-state index in [-0.39, 0.29) is 11.6 Å². The molecule has 1 aliphatic rings. The summed E-state index contributed by atoms with van der Waals surface area (Å²) in [4.78, 5) is 24.0. The quantitative estimate of drug-likeness (QED) is 0.494. The lowest BCUT2D eigenvalue weighted by molar-refractivity contribution is 0.102. The van der Waals surface area contributed by atoms with Crippen LogP contribution in [0.1, 0.15) is 29.8 Å². The second kappa shape index (κ2) is 8.33. The number of carbonyl (C=O) groups excluding carboxylic acids is 1. The monoisotopic (exact) mass is 431 g/mol. The number of anilines is 3. The largest absolute Gasteiger partial charge is 0.444 e. The van der Waals surface area contributed by atoms with Gasteiger partial charge >= 0.3 is 0 Å². The molecule has 0 aliphatic carbocycles. The standard InChI is InChI=1S/C23H25N7O2/c1-24-21-11-15(6-7-25-21)23-27-19(14-32-23)22(31)26-18-10-16-13-29(2)28-17(16)12-20(18)30-8-4-3-5-9-30/h6-7,10-14H,3-5,8-9H2,1-2H3,(H,24,25)(H,26,31). The topological polar surface area (TPSA) is 101 Å². The minimum atomic E-state index is -0.315. The number of rotatable bonds is 5. The molecule has 1 fully saturated rings. The van der Waals surface area contributed by atoms with E-state index in [9.17, 15) is 4.79 Å². The number of nitrogens with one attached hydrogen (secondary N) is 2. The van der Waals surface area contributed by atoms with Crippen molar-refractivity contribution in [3.63, 3.8) is 0 Å². The van der Waals surface area contributed by atoms with Gasteiger partial charge in [0, 0.05) is 50.5 Å². The summed E-state index contributed by atoms with van der Waals surface area (Å²) in [7, 11) is 3.69. The first-order valence-corrected chi connectivity index (χ1v) is 10.7. The molecule has 0 saturated carbocycles. The van der Waals surface area contributed by atoms with Crippen LogP contribution in [0.25, 0.3) is 22.4 Å². The maximum Gasteiger partial charge on any atom is 0.277 e. The summed E-state index contributed by atoms with van der Waals surface area (Å²) >= 11 is 0. The average Bonchev–Trinajstić information content (AvgIpc) is 3.45. The molecular formula is C23H25N7O2.